The topological polar surface area (TPSA) is 76.4 Å². The Morgan fingerprint density at radius 2 is 2.07 bits per heavy atom. The molecule has 1 aromatic heterocycles. The van der Waals surface area contributed by atoms with Gasteiger partial charge in [0.25, 0.3) is 0 Å². The summed E-state index contributed by atoms with van der Waals surface area (Å²) in [4.78, 5) is 4.66. The van der Waals surface area contributed by atoms with Crippen LogP contribution in [-0.4, -0.2) is 46.5 Å². The Kier molecular flexibility index (Phi) is 8.91. The van der Waals surface area contributed by atoms with Crippen LogP contribution >= 0.6 is 11.6 Å². The van der Waals surface area contributed by atoms with Crippen molar-refractivity contribution in [3.05, 3.63) is 41.4 Å². The van der Waals surface area contributed by atoms with Crippen LogP contribution in [0.15, 0.2) is 35.6 Å². The zero-order valence-corrected chi connectivity index (χ0v) is 17.0. The van der Waals surface area contributed by atoms with Gasteiger partial charge in [-0.1, -0.05) is 37.6 Å². The van der Waals surface area contributed by atoms with Crippen LogP contribution in [-0.2, 0) is 13.0 Å². The molecule has 1 atom stereocenters. The monoisotopic (exact) mass is 392 g/mol. The first-order valence-electron chi connectivity index (χ1n) is 9.47. The molecule has 7 nitrogen and oxygen atoms in total. The lowest BCUT2D eigenvalue weighted by Crippen LogP contribution is -2.39. The van der Waals surface area contributed by atoms with Gasteiger partial charge in [-0.2, -0.15) is 0 Å². The fourth-order valence-electron chi connectivity index (χ4n) is 2.54. The molecule has 0 aliphatic carbocycles. The molecule has 0 aliphatic heterocycles. The van der Waals surface area contributed by atoms with Gasteiger partial charge in [0, 0.05) is 26.1 Å². The van der Waals surface area contributed by atoms with E-state index in [1.165, 1.54) is 0 Å². The van der Waals surface area contributed by atoms with Crippen molar-refractivity contribution < 1.29 is 4.74 Å². The van der Waals surface area contributed by atoms with Gasteiger partial charge >= 0.3 is 0 Å². The van der Waals surface area contributed by atoms with Crippen LogP contribution in [0.2, 0.25) is 5.02 Å². The number of aliphatic imine (C=N–C) groups is 1. The number of para-hydroxylation sites is 1. The summed E-state index contributed by atoms with van der Waals surface area (Å²) in [5.74, 6) is 2.45. The predicted octanol–water partition coefficient (Wildman–Crippen LogP) is 2.91. The van der Waals surface area contributed by atoms with Crippen molar-refractivity contribution in [2.75, 3.05) is 19.6 Å². The fourth-order valence-corrected chi connectivity index (χ4v) is 2.72. The van der Waals surface area contributed by atoms with E-state index in [2.05, 4.69) is 39.7 Å². The number of guanidine groups is 1. The summed E-state index contributed by atoms with van der Waals surface area (Å²) in [5, 5.41) is 15.3. The lowest BCUT2D eigenvalue weighted by Gasteiger charge is -2.18. The summed E-state index contributed by atoms with van der Waals surface area (Å²) in [6.45, 7) is 9.06. The van der Waals surface area contributed by atoms with E-state index in [9.17, 15) is 0 Å². The molecule has 1 heterocycles. The van der Waals surface area contributed by atoms with Crippen LogP contribution in [0.1, 0.15) is 33.0 Å². The second kappa shape index (κ2) is 11.4. The lowest BCUT2D eigenvalue weighted by atomic mass is 10.2. The molecular formula is C19H29ClN6O. The molecule has 1 aromatic carbocycles. The van der Waals surface area contributed by atoms with Crippen LogP contribution in [0.5, 0.6) is 5.75 Å². The van der Waals surface area contributed by atoms with Gasteiger partial charge in [-0.15, -0.1) is 10.2 Å². The fraction of sp³-hybridized carbons (Fsp3) is 0.526. The zero-order valence-electron chi connectivity index (χ0n) is 16.3. The molecular weight excluding hydrogens is 364 g/mol. The molecule has 148 valence electrons. The minimum Gasteiger partial charge on any atom is -0.487 e. The Morgan fingerprint density at radius 3 is 2.78 bits per heavy atom. The molecule has 0 aliphatic rings. The Hall–Kier alpha value is -2.28. The third kappa shape index (κ3) is 6.75. The van der Waals surface area contributed by atoms with Gasteiger partial charge in [0.05, 0.1) is 11.6 Å². The first kappa shape index (κ1) is 21.0. The van der Waals surface area contributed by atoms with Crippen molar-refractivity contribution in [2.45, 2.75) is 46.3 Å². The van der Waals surface area contributed by atoms with E-state index in [1.807, 2.05) is 35.8 Å². The molecule has 1 unspecified atom stereocenters. The Bertz CT molecular complexity index is 718. The van der Waals surface area contributed by atoms with Crippen molar-refractivity contribution in [1.29, 1.82) is 0 Å². The predicted molar refractivity (Wildman–Crippen MR) is 110 cm³/mol. The maximum Gasteiger partial charge on any atom is 0.191 e. The van der Waals surface area contributed by atoms with E-state index in [0.717, 1.165) is 44.3 Å². The number of halogens is 1. The standard InChI is InChI=1S/C19H29ClN6O/c1-4-15(27-17-10-8-7-9-16(17)20)13-23-19(21-6-3)22-11-12-26-14-24-25-18(26)5-2/h7-10,14-15H,4-6,11-13H2,1-3H3,(H2,21,22,23). The Labute approximate surface area is 166 Å². The molecule has 0 bridgehead atoms. The molecule has 0 saturated heterocycles. The summed E-state index contributed by atoms with van der Waals surface area (Å²) < 4.78 is 8.05. The number of rotatable bonds is 10. The lowest BCUT2D eigenvalue weighted by molar-refractivity contribution is 0.206. The molecule has 0 saturated carbocycles. The highest BCUT2D eigenvalue weighted by Crippen LogP contribution is 2.24. The van der Waals surface area contributed by atoms with Crippen LogP contribution in [0, 0.1) is 0 Å². The maximum absolute atomic E-state index is 6.18. The molecule has 27 heavy (non-hydrogen) atoms. The van der Waals surface area contributed by atoms with Gasteiger partial charge < -0.3 is 19.9 Å². The second-order valence-corrected chi connectivity index (χ2v) is 6.43. The van der Waals surface area contributed by atoms with E-state index >= 15 is 0 Å². The molecule has 0 radical (unpaired) electrons. The summed E-state index contributed by atoms with van der Waals surface area (Å²) in [6.07, 6.45) is 3.43. The first-order valence-corrected chi connectivity index (χ1v) is 9.85. The van der Waals surface area contributed by atoms with E-state index in [1.54, 1.807) is 6.33 Å². The normalized spacial score (nSPS) is 12.7. The average Bonchev–Trinajstić information content (AvgIpc) is 3.13. The van der Waals surface area contributed by atoms with Crippen molar-refractivity contribution >= 4 is 17.6 Å². The summed E-state index contributed by atoms with van der Waals surface area (Å²) in [5.41, 5.74) is 0. The molecule has 2 aromatic rings. The molecule has 2 rings (SSSR count). The van der Waals surface area contributed by atoms with Gasteiger partial charge in [0.2, 0.25) is 0 Å². The number of hydrogen-bond donors (Lipinski definition) is 2. The zero-order chi connectivity index (χ0) is 19.5. The summed E-state index contributed by atoms with van der Waals surface area (Å²) in [7, 11) is 0. The largest absolute Gasteiger partial charge is 0.487 e. The van der Waals surface area contributed by atoms with Gasteiger partial charge in [0.1, 0.15) is 24.0 Å². The number of hydrogen-bond acceptors (Lipinski definition) is 4. The van der Waals surface area contributed by atoms with Crippen molar-refractivity contribution in [3.8, 4) is 5.75 Å². The second-order valence-electron chi connectivity index (χ2n) is 6.02. The summed E-state index contributed by atoms with van der Waals surface area (Å²) >= 11 is 6.18. The summed E-state index contributed by atoms with van der Waals surface area (Å²) in [6, 6.07) is 7.51. The van der Waals surface area contributed by atoms with Crippen molar-refractivity contribution in [1.82, 2.24) is 25.4 Å². The number of aryl methyl sites for hydroxylation is 1. The van der Waals surface area contributed by atoms with Gasteiger partial charge in [-0.05, 0) is 25.5 Å². The van der Waals surface area contributed by atoms with E-state index in [-0.39, 0.29) is 6.10 Å². The minimum absolute atomic E-state index is 0.0371. The third-order valence-corrected chi connectivity index (χ3v) is 4.35. The van der Waals surface area contributed by atoms with E-state index in [0.29, 0.717) is 17.3 Å². The molecule has 0 fully saturated rings. The maximum atomic E-state index is 6.18. The molecule has 0 spiro atoms. The minimum atomic E-state index is -0.0371. The Morgan fingerprint density at radius 1 is 1.26 bits per heavy atom. The van der Waals surface area contributed by atoms with Gasteiger partial charge in [0.15, 0.2) is 5.96 Å². The molecule has 0 amide bonds. The van der Waals surface area contributed by atoms with E-state index < -0.39 is 0 Å². The van der Waals surface area contributed by atoms with Gasteiger partial charge in [-0.25, -0.2) is 4.99 Å². The van der Waals surface area contributed by atoms with Gasteiger partial charge in [-0.3, -0.25) is 0 Å². The van der Waals surface area contributed by atoms with Crippen molar-refractivity contribution in [2.24, 2.45) is 4.99 Å². The van der Waals surface area contributed by atoms with Crippen LogP contribution < -0.4 is 15.4 Å². The third-order valence-electron chi connectivity index (χ3n) is 4.04. The highest BCUT2D eigenvalue weighted by molar-refractivity contribution is 6.32. The van der Waals surface area contributed by atoms with E-state index in [4.69, 9.17) is 16.3 Å². The SMILES string of the molecule is CCNC(=NCC(CC)Oc1ccccc1Cl)NCCn1cnnc1CC. The number of aromatic nitrogens is 3. The smallest absolute Gasteiger partial charge is 0.191 e. The molecule has 8 heteroatoms. The average molecular weight is 393 g/mol. The highest BCUT2D eigenvalue weighted by atomic mass is 35.5. The van der Waals surface area contributed by atoms with Crippen molar-refractivity contribution in [3.63, 3.8) is 0 Å². The number of ether oxygens (including phenoxy) is 1. The highest BCUT2D eigenvalue weighted by Gasteiger charge is 2.10. The first-order chi connectivity index (χ1) is 13.2. The quantitative estimate of drug-likeness (QED) is 0.480. The number of nitrogens with zero attached hydrogens (tertiary/aromatic N) is 4. The number of nitrogens with one attached hydrogen (secondary N) is 2. The van der Waals surface area contributed by atoms with Crippen LogP contribution in [0.3, 0.4) is 0 Å². The molecule has 2 N–H and O–H groups in total. The van der Waals surface area contributed by atoms with Crippen LogP contribution in [0.25, 0.3) is 0 Å². The Balaban J connectivity index is 1.89. The number of benzene rings is 1. The van der Waals surface area contributed by atoms with Crippen LogP contribution in [0.4, 0.5) is 0 Å².